The zero-order chi connectivity index (χ0) is 7.54. The first-order chi connectivity index (χ1) is 4.41. The summed E-state index contributed by atoms with van der Waals surface area (Å²) in [5.41, 5.74) is 0. The number of aldehydes is 1. The number of hydrogen-bond donors (Lipinski definition) is 0. The average molecular weight is 130 g/mol. The van der Waals surface area contributed by atoms with Crippen molar-refractivity contribution >= 4 is 13.1 Å². The Bertz CT molecular complexity index is 52.9. The molecule has 0 heterocycles. The van der Waals surface area contributed by atoms with Crippen LogP contribution in [-0.2, 0) is 9.59 Å². The van der Waals surface area contributed by atoms with E-state index in [0.717, 1.165) is 19.1 Å². The Balaban J connectivity index is 0. The van der Waals surface area contributed by atoms with Gasteiger partial charge in [0.15, 0.2) is 0 Å². The van der Waals surface area contributed by atoms with Crippen LogP contribution in [-0.4, -0.2) is 13.1 Å². The van der Waals surface area contributed by atoms with Gasteiger partial charge >= 0.3 is 0 Å². The second-order valence-corrected chi connectivity index (χ2v) is 1.66. The van der Waals surface area contributed by atoms with Crippen LogP contribution in [0.3, 0.4) is 0 Å². The van der Waals surface area contributed by atoms with Crippen molar-refractivity contribution in [3.63, 3.8) is 0 Å². The summed E-state index contributed by atoms with van der Waals surface area (Å²) in [4.78, 5) is 17.7. The van der Waals surface area contributed by atoms with Gasteiger partial charge in [0.2, 0.25) is 0 Å². The number of rotatable bonds is 4. The molecule has 9 heavy (non-hydrogen) atoms. The van der Waals surface area contributed by atoms with Crippen LogP contribution in [0.1, 0.15) is 32.6 Å². The van der Waals surface area contributed by atoms with E-state index in [-0.39, 0.29) is 0 Å². The van der Waals surface area contributed by atoms with Gasteiger partial charge in [0.05, 0.1) is 0 Å². The summed E-state index contributed by atoms with van der Waals surface area (Å²) < 4.78 is 0. The number of unbranched alkanes of at least 4 members (excludes halogenated alkanes) is 3. The predicted molar refractivity (Wildman–Crippen MR) is 37.3 cm³/mol. The molecule has 0 unspecified atom stereocenters. The zero-order valence-corrected chi connectivity index (χ0v) is 5.93. The highest BCUT2D eigenvalue weighted by atomic mass is 16.1. The van der Waals surface area contributed by atoms with Crippen molar-refractivity contribution in [3.05, 3.63) is 0 Å². The van der Waals surface area contributed by atoms with E-state index in [1.165, 1.54) is 12.8 Å². The Hall–Kier alpha value is -0.660. The molecule has 0 aromatic heterocycles. The average Bonchev–Trinajstić information content (AvgIpc) is 1.94. The largest absolute Gasteiger partial charge is 0.307 e. The molecule has 0 aromatic rings. The normalized spacial score (nSPS) is 7.22. The number of carbonyl (C=O) groups excluding carboxylic acids is 2. The first-order valence-electron chi connectivity index (χ1n) is 3.14. The molecule has 0 saturated carbocycles. The highest BCUT2D eigenvalue weighted by Crippen LogP contribution is 1.94. The van der Waals surface area contributed by atoms with Gasteiger partial charge in [0.1, 0.15) is 13.1 Å². The van der Waals surface area contributed by atoms with E-state index in [4.69, 9.17) is 4.79 Å². The fourth-order valence-corrected chi connectivity index (χ4v) is 0.478. The second kappa shape index (κ2) is 15.7. The molecule has 0 spiro atoms. The lowest BCUT2D eigenvalue weighted by molar-refractivity contribution is -0.108. The van der Waals surface area contributed by atoms with E-state index in [0.29, 0.717) is 0 Å². The Morgan fingerprint density at radius 1 is 1.33 bits per heavy atom. The lowest BCUT2D eigenvalue weighted by Crippen LogP contribution is -1.73. The summed E-state index contributed by atoms with van der Waals surface area (Å²) in [6.07, 6.45) is 5.19. The van der Waals surface area contributed by atoms with Crippen molar-refractivity contribution in [2.75, 3.05) is 0 Å². The maximum atomic E-state index is 9.68. The minimum atomic E-state index is 0.744. The number of carbonyl (C=O) groups is 2. The molecule has 0 saturated heterocycles. The predicted octanol–water partition coefficient (Wildman–Crippen LogP) is 1.58. The molecule has 0 aliphatic rings. The van der Waals surface area contributed by atoms with Gasteiger partial charge in [-0.25, -0.2) is 0 Å². The van der Waals surface area contributed by atoms with Crippen molar-refractivity contribution in [1.82, 2.24) is 0 Å². The maximum Gasteiger partial charge on any atom is 0.119 e. The Morgan fingerprint density at radius 3 is 2.22 bits per heavy atom. The van der Waals surface area contributed by atoms with Crippen molar-refractivity contribution in [1.29, 1.82) is 0 Å². The molecule has 0 atom stereocenters. The van der Waals surface area contributed by atoms with E-state index in [2.05, 4.69) is 6.92 Å². The third kappa shape index (κ3) is 18.8. The van der Waals surface area contributed by atoms with Crippen molar-refractivity contribution < 1.29 is 9.59 Å². The standard InChI is InChI=1S/C6H12O.CH2O/c1-2-3-4-5-6-7;1-2/h6H,2-5H2,1H3;1H2. The molecule has 2 heteroatoms. The third-order valence-electron chi connectivity index (χ3n) is 0.926. The topological polar surface area (TPSA) is 34.1 Å². The minimum absolute atomic E-state index is 0.744. The Kier molecular flexibility index (Phi) is 19.5. The molecular weight excluding hydrogens is 116 g/mol. The van der Waals surface area contributed by atoms with Crippen LogP contribution in [0.4, 0.5) is 0 Å². The van der Waals surface area contributed by atoms with Crippen molar-refractivity contribution in [2.24, 2.45) is 0 Å². The van der Waals surface area contributed by atoms with E-state index >= 15 is 0 Å². The summed E-state index contributed by atoms with van der Waals surface area (Å²) >= 11 is 0. The third-order valence-corrected chi connectivity index (χ3v) is 0.926. The molecule has 54 valence electrons. The van der Waals surface area contributed by atoms with Crippen LogP contribution in [0.5, 0.6) is 0 Å². The summed E-state index contributed by atoms with van der Waals surface area (Å²) in [6.45, 7) is 4.13. The van der Waals surface area contributed by atoms with Gasteiger partial charge in [-0.2, -0.15) is 0 Å². The molecular formula is C7H14O2. The zero-order valence-electron chi connectivity index (χ0n) is 5.93. The van der Waals surface area contributed by atoms with E-state index in [1.54, 1.807) is 0 Å². The fraction of sp³-hybridized carbons (Fsp3) is 0.714. The lowest BCUT2D eigenvalue weighted by atomic mass is 10.2. The Morgan fingerprint density at radius 2 is 1.89 bits per heavy atom. The molecule has 0 bridgehead atoms. The van der Waals surface area contributed by atoms with Crippen LogP contribution in [0.2, 0.25) is 0 Å². The van der Waals surface area contributed by atoms with E-state index in [9.17, 15) is 4.79 Å². The van der Waals surface area contributed by atoms with Crippen molar-refractivity contribution in [3.8, 4) is 0 Å². The molecule has 0 rings (SSSR count). The molecule has 0 amide bonds. The van der Waals surface area contributed by atoms with Gasteiger partial charge in [0, 0.05) is 6.42 Å². The molecule has 0 radical (unpaired) electrons. The summed E-state index contributed by atoms with van der Waals surface area (Å²) in [5, 5.41) is 0. The minimum Gasteiger partial charge on any atom is -0.307 e. The molecule has 0 fully saturated rings. The molecule has 2 nitrogen and oxygen atoms in total. The molecule has 0 aliphatic carbocycles. The molecule has 0 aromatic carbocycles. The summed E-state index contributed by atoms with van der Waals surface area (Å²) in [5.74, 6) is 0. The number of hydrogen-bond acceptors (Lipinski definition) is 2. The van der Waals surface area contributed by atoms with Gasteiger partial charge in [0.25, 0.3) is 0 Å². The smallest absolute Gasteiger partial charge is 0.119 e. The van der Waals surface area contributed by atoms with E-state index < -0.39 is 0 Å². The van der Waals surface area contributed by atoms with E-state index in [1.807, 2.05) is 6.79 Å². The second-order valence-electron chi connectivity index (χ2n) is 1.66. The maximum absolute atomic E-state index is 9.68. The van der Waals surface area contributed by atoms with Gasteiger partial charge in [-0.3, -0.25) is 0 Å². The van der Waals surface area contributed by atoms with Crippen LogP contribution in [0, 0.1) is 0 Å². The van der Waals surface area contributed by atoms with Crippen LogP contribution in [0.15, 0.2) is 0 Å². The monoisotopic (exact) mass is 130 g/mol. The summed E-state index contributed by atoms with van der Waals surface area (Å²) in [6, 6.07) is 0. The highest BCUT2D eigenvalue weighted by molar-refractivity contribution is 5.48. The highest BCUT2D eigenvalue weighted by Gasteiger charge is 1.80. The first-order valence-corrected chi connectivity index (χ1v) is 3.14. The molecule has 0 aliphatic heterocycles. The van der Waals surface area contributed by atoms with Crippen LogP contribution >= 0.6 is 0 Å². The summed E-state index contributed by atoms with van der Waals surface area (Å²) in [7, 11) is 0. The van der Waals surface area contributed by atoms with Gasteiger partial charge < -0.3 is 9.59 Å². The van der Waals surface area contributed by atoms with Crippen LogP contribution in [0.25, 0.3) is 0 Å². The van der Waals surface area contributed by atoms with Gasteiger partial charge in [-0.1, -0.05) is 19.8 Å². The van der Waals surface area contributed by atoms with Crippen LogP contribution < -0.4 is 0 Å². The fourth-order valence-electron chi connectivity index (χ4n) is 0.478. The van der Waals surface area contributed by atoms with Crippen molar-refractivity contribution in [2.45, 2.75) is 32.6 Å². The van der Waals surface area contributed by atoms with Gasteiger partial charge in [-0.05, 0) is 6.42 Å². The quantitative estimate of drug-likeness (QED) is 0.427. The van der Waals surface area contributed by atoms with Gasteiger partial charge in [-0.15, -0.1) is 0 Å². The Labute approximate surface area is 56.3 Å². The SMILES string of the molecule is C=O.CCCCCC=O. The lowest BCUT2D eigenvalue weighted by Gasteiger charge is -1.85. The first kappa shape index (κ1) is 11.2. The molecule has 0 N–H and O–H groups in total.